The lowest BCUT2D eigenvalue weighted by Crippen LogP contribution is -2.24. The minimum absolute atomic E-state index is 0.380. The van der Waals surface area contributed by atoms with E-state index in [1.54, 1.807) is 0 Å². The van der Waals surface area contributed by atoms with Gasteiger partial charge in [-0.15, -0.1) is 11.6 Å². The Labute approximate surface area is 127 Å². The Morgan fingerprint density at radius 1 is 1.35 bits per heavy atom. The minimum atomic E-state index is 0.380. The van der Waals surface area contributed by atoms with Gasteiger partial charge in [0.25, 0.3) is 0 Å². The molecule has 0 bridgehead atoms. The Morgan fingerprint density at radius 2 is 2.20 bits per heavy atom. The van der Waals surface area contributed by atoms with Crippen LogP contribution in [0.4, 0.5) is 0 Å². The molecule has 0 heterocycles. The highest BCUT2D eigenvalue weighted by Crippen LogP contribution is 2.29. The van der Waals surface area contributed by atoms with Gasteiger partial charge in [0.1, 0.15) is 5.75 Å². The highest BCUT2D eigenvalue weighted by Gasteiger charge is 2.20. The van der Waals surface area contributed by atoms with Crippen LogP contribution >= 0.6 is 11.6 Å². The largest absolute Gasteiger partial charge is 0.490 e. The lowest BCUT2D eigenvalue weighted by atomic mass is 9.88. The SMILES string of the molecule is Cc1cc(C#CCCCl)ccc1OC1CCCC(C)C1. The van der Waals surface area contributed by atoms with E-state index in [1.165, 1.54) is 31.2 Å². The van der Waals surface area contributed by atoms with Gasteiger partial charge in [-0.1, -0.05) is 25.2 Å². The van der Waals surface area contributed by atoms with Crippen molar-refractivity contribution in [3.05, 3.63) is 29.3 Å². The summed E-state index contributed by atoms with van der Waals surface area (Å²) < 4.78 is 6.17. The van der Waals surface area contributed by atoms with E-state index < -0.39 is 0 Å². The molecule has 20 heavy (non-hydrogen) atoms. The molecule has 0 amide bonds. The second-order valence-electron chi connectivity index (χ2n) is 5.73. The first kappa shape index (κ1) is 15.3. The Kier molecular flexibility index (Phi) is 5.80. The summed E-state index contributed by atoms with van der Waals surface area (Å²) >= 11 is 5.62. The van der Waals surface area contributed by atoms with E-state index in [0.29, 0.717) is 12.0 Å². The van der Waals surface area contributed by atoms with Crippen LogP contribution in [0, 0.1) is 24.7 Å². The molecule has 0 saturated heterocycles. The van der Waals surface area contributed by atoms with Crippen molar-refractivity contribution in [1.82, 2.24) is 0 Å². The number of ether oxygens (including phenoxy) is 1. The van der Waals surface area contributed by atoms with Gasteiger partial charge in [-0.05, 0) is 55.9 Å². The van der Waals surface area contributed by atoms with Gasteiger partial charge in [-0.25, -0.2) is 0 Å². The minimum Gasteiger partial charge on any atom is -0.490 e. The van der Waals surface area contributed by atoms with Crippen molar-refractivity contribution in [3.8, 4) is 17.6 Å². The molecule has 0 radical (unpaired) electrons. The predicted octanol–water partition coefficient (Wildman–Crippen LogP) is 4.93. The van der Waals surface area contributed by atoms with Gasteiger partial charge in [0.05, 0.1) is 6.10 Å². The van der Waals surface area contributed by atoms with E-state index in [1.807, 2.05) is 6.07 Å². The van der Waals surface area contributed by atoms with Crippen molar-refractivity contribution in [2.24, 2.45) is 5.92 Å². The molecular formula is C18H23ClO. The quantitative estimate of drug-likeness (QED) is 0.566. The Hall–Kier alpha value is -1.13. The molecule has 1 aromatic rings. The average molecular weight is 291 g/mol. The molecule has 1 saturated carbocycles. The van der Waals surface area contributed by atoms with E-state index in [2.05, 4.69) is 37.8 Å². The van der Waals surface area contributed by atoms with Crippen molar-refractivity contribution in [1.29, 1.82) is 0 Å². The van der Waals surface area contributed by atoms with Crippen LogP contribution in [0.1, 0.15) is 50.2 Å². The lowest BCUT2D eigenvalue weighted by molar-refractivity contribution is 0.128. The van der Waals surface area contributed by atoms with E-state index in [0.717, 1.165) is 23.7 Å². The normalized spacial score (nSPS) is 21.9. The smallest absolute Gasteiger partial charge is 0.122 e. The molecule has 108 valence electrons. The van der Waals surface area contributed by atoms with Crippen LogP contribution in [0.15, 0.2) is 18.2 Å². The van der Waals surface area contributed by atoms with Gasteiger partial charge in [-0.2, -0.15) is 0 Å². The summed E-state index contributed by atoms with van der Waals surface area (Å²) in [6.45, 7) is 4.41. The maximum atomic E-state index is 6.17. The van der Waals surface area contributed by atoms with Crippen LogP contribution in [0.25, 0.3) is 0 Å². The highest BCUT2D eigenvalue weighted by atomic mass is 35.5. The Balaban J connectivity index is 2.01. The predicted molar refractivity (Wildman–Crippen MR) is 85.4 cm³/mol. The number of hydrogen-bond donors (Lipinski definition) is 0. The average Bonchev–Trinajstić information content (AvgIpc) is 2.42. The number of alkyl halides is 1. The highest BCUT2D eigenvalue weighted by molar-refractivity contribution is 6.18. The summed E-state index contributed by atoms with van der Waals surface area (Å²) in [6.07, 6.45) is 6.10. The third-order valence-corrected chi connectivity index (χ3v) is 4.00. The number of halogens is 1. The van der Waals surface area contributed by atoms with E-state index in [9.17, 15) is 0 Å². The molecule has 1 fully saturated rings. The van der Waals surface area contributed by atoms with Gasteiger partial charge < -0.3 is 4.74 Å². The molecule has 1 aliphatic carbocycles. The fourth-order valence-electron chi connectivity index (χ4n) is 2.74. The molecule has 1 nitrogen and oxygen atoms in total. The molecule has 2 atom stereocenters. The van der Waals surface area contributed by atoms with E-state index in [4.69, 9.17) is 16.3 Å². The van der Waals surface area contributed by atoms with Crippen molar-refractivity contribution in [2.75, 3.05) is 5.88 Å². The molecule has 0 aliphatic heterocycles. The summed E-state index contributed by atoms with van der Waals surface area (Å²) in [7, 11) is 0. The fourth-order valence-corrected chi connectivity index (χ4v) is 2.83. The van der Waals surface area contributed by atoms with Crippen LogP contribution in [-0.2, 0) is 0 Å². The lowest BCUT2D eigenvalue weighted by Gasteiger charge is -2.28. The molecule has 0 spiro atoms. The molecular weight excluding hydrogens is 268 g/mol. The van der Waals surface area contributed by atoms with Gasteiger partial charge in [-0.3, -0.25) is 0 Å². The molecule has 1 aliphatic rings. The number of benzene rings is 1. The number of aryl methyl sites for hydroxylation is 1. The second kappa shape index (κ2) is 7.60. The zero-order valence-corrected chi connectivity index (χ0v) is 13.2. The van der Waals surface area contributed by atoms with Crippen molar-refractivity contribution in [2.45, 2.75) is 52.1 Å². The number of hydrogen-bond acceptors (Lipinski definition) is 1. The Bertz CT molecular complexity index is 498. The zero-order valence-electron chi connectivity index (χ0n) is 12.4. The van der Waals surface area contributed by atoms with Crippen LogP contribution in [-0.4, -0.2) is 12.0 Å². The van der Waals surface area contributed by atoms with E-state index in [-0.39, 0.29) is 0 Å². The van der Waals surface area contributed by atoms with Gasteiger partial charge in [0.15, 0.2) is 0 Å². The van der Waals surface area contributed by atoms with Gasteiger partial charge in [0.2, 0.25) is 0 Å². The van der Waals surface area contributed by atoms with Crippen molar-refractivity contribution >= 4 is 11.6 Å². The Morgan fingerprint density at radius 3 is 2.90 bits per heavy atom. The van der Waals surface area contributed by atoms with Crippen LogP contribution in [0.2, 0.25) is 0 Å². The molecule has 0 aromatic heterocycles. The summed E-state index contributed by atoms with van der Waals surface area (Å²) in [5, 5.41) is 0. The first-order chi connectivity index (χ1) is 9.69. The van der Waals surface area contributed by atoms with Crippen molar-refractivity contribution < 1.29 is 4.74 Å². The van der Waals surface area contributed by atoms with Crippen LogP contribution in [0.5, 0.6) is 5.75 Å². The summed E-state index contributed by atoms with van der Waals surface area (Å²) in [6, 6.07) is 6.19. The monoisotopic (exact) mass is 290 g/mol. The molecule has 0 N–H and O–H groups in total. The maximum Gasteiger partial charge on any atom is 0.122 e. The maximum absolute atomic E-state index is 6.17. The van der Waals surface area contributed by atoms with E-state index >= 15 is 0 Å². The molecule has 2 unspecified atom stereocenters. The summed E-state index contributed by atoms with van der Waals surface area (Å²) in [4.78, 5) is 0. The van der Waals surface area contributed by atoms with Crippen LogP contribution < -0.4 is 4.74 Å². The third kappa shape index (κ3) is 4.46. The summed E-state index contributed by atoms with van der Waals surface area (Å²) in [5.74, 6) is 8.58. The molecule has 1 aromatic carbocycles. The summed E-state index contributed by atoms with van der Waals surface area (Å²) in [5.41, 5.74) is 2.21. The third-order valence-electron chi connectivity index (χ3n) is 3.81. The van der Waals surface area contributed by atoms with Gasteiger partial charge in [0, 0.05) is 17.9 Å². The molecule has 2 heteroatoms. The fraction of sp³-hybridized carbons (Fsp3) is 0.556. The standard InChI is InChI=1S/C18H23ClO/c1-14-6-5-8-17(12-14)20-18-10-9-16(13-15(18)2)7-3-4-11-19/h9-10,13-14,17H,4-6,8,11-12H2,1-2H3. The topological polar surface area (TPSA) is 9.23 Å². The first-order valence-electron chi connectivity index (χ1n) is 7.51. The van der Waals surface area contributed by atoms with Crippen molar-refractivity contribution in [3.63, 3.8) is 0 Å². The van der Waals surface area contributed by atoms with Crippen LogP contribution in [0.3, 0.4) is 0 Å². The first-order valence-corrected chi connectivity index (χ1v) is 8.04. The zero-order chi connectivity index (χ0) is 14.4. The van der Waals surface area contributed by atoms with Gasteiger partial charge >= 0.3 is 0 Å². The second-order valence-corrected chi connectivity index (χ2v) is 6.11. The molecule has 2 rings (SSSR count). The number of rotatable bonds is 3.